The SMILES string of the molecule is CC(=O)c1cccc(-n2cnc([N+](=O)[O-])c2)c1. The Morgan fingerprint density at radius 2 is 2.24 bits per heavy atom. The van der Waals surface area contributed by atoms with E-state index < -0.39 is 4.92 Å². The highest BCUT2D eigenvalue weighted by Gasteiger charge is 2.11. The van der Waals surface area contributed by atoms with E-state index in [4.69, 9.17) is 0 Å². The topological polar surface area (TPSA) is 78.0 Å². The number of hydrogen-bond acceptors (Lipinski definition) is 4. The predicted octanol–water partition coefficient (Wildman–Crippen LogP) is 1.98. The van der Waals surface area contributed by atoms with Gasteiger partial charge in [0.05, 0.1) is 0 Å². The molecule has 2 aromatic rings. The van der Waals surface area contributed by atoms with Gasteiger partial charge in [-0.3, -0.25) is 9.36 Å². The van der Waals surface area contributed by atoms with Crippen molar-refractivity contribution in [2.24, 2.45) is 0 Å². The van der Waals surface area contributed by atoms with Crippen molar-refractivity contribution in [2.75, 3.05) is 0 Å². The number of ketones is 1. The Morgan fingerprint density at radius 3 is 2.82 bits per heavy atom. The summed E-state index contributed by atoms with van der Waals surface area (Å²) in [7, 11) is 0. The Balaban J connectivity index is 2.42. The fraction of sp³-hybridized carbons (Fsp3) is 0.0909. The van der Waals surface area contributed by atoms with Crippen molar-refractivity contribution in [3.8, 4) is 5.69 Å². The van der Waals surface area contributed by atoms with Crippen LogP contribution in [0.3, 0.4) is 0 Å². The van der Waals surface area contributed by atoms with E-state index in [1.54, 1.807) is 24.3 Å². The molecule has 0 N–H and O–H groups in total. The van der Waals surface area contributed by atoms with Crippen LogP contribution in [0.25, 0.3) is 5.69 Å². The Bertz CT molecular complexity index is 589. The summed E-state index contributed by atoms with van der Waals surface area (Å²) in [6.07, 6.45) is 2.65. The summed E-state index contributed by atoms with van der Waals surface area (Å²) in [5.74, 6) is -0.278. The van der Waals surface area contributed by atoms with Crippen molar-refractivity contribution in [1.82, 2.24) is 9.55 Å². The van der Waals surface area contributed by atoms with Crippen LogP contribution in [0.2, 0.25) is 0 Å². The number of hydrogen-bond donors (Lipinski definition) is 0. The molecule has 0 aliphatic carbocycles. The lowest BCUT2D eigenvalue weighted by atomic mass is 10.1. The van der Waals surface area contributed by atoms with Gasteiger partial charge in [-0.05, 0) is 29.0 Å². The Kier molecular flexibility index (Phi) is 2.70. The first-order valence-electron chi connectivity index (χ1n) is 4.87. The second-order valence-corrected chi connectivity index (χ2v) is 3.50. The average Bonchev–Trinajstić information content (AvgIpc) is 2.78. The van der Waals surface area contributed by atoms with E-state index in [0.29, 0.717) is 11.3 Å². The molecule has 86 valence electrons. The number of Topliss-reactive ketones (excluding diaryl/α,β-unsaturated/α-hetero) is 1. The van der Waals surface area contributed by atoms with Crippen LogP contribution in [0.15, 0.2) is 36.8 Å². The molecule has 0 aliphatic rings. The monoisotopic (exact) mass is 231 g/mol. The van der Waals surface area contributed by atoms with E-state index in [2.05, 4.69) is 4.98 Å². The minimum Gasteiger partial charge on any atom is -0.358 e. The molecule has 1 aromatic carbocycles. The number of rotatable bonds is 3. The molecule has 0 atom stereocenters. The molecule has 17 heavy (non-hydrogen) atoms. The molecule has 0 spiro atoms. The summed E-state index contributed by atoms with van der Waals surface area (Å²) in [6, 6.07) is 6.82. The van der Waals surface area contributed by atoms with Crippen LogP contribution in [0, 0.1) is 10.1 Å². The standard InChI is InChI=1S/C11H9N3O3/c1-8(15)9-3-2-4-10(5-9)13-6-11(12-7-13)14(16)17/h2-7H,1H3. The molecule has 2 rings (SSSR count). The highest BCUT2D eigenvalue weighted by atomic mass is 16.6. The summed E-state index contributed by atoms with van der Waals surface area (Å²) in [6.45, 7) is 1.47. The largest absolute Gasteiger partial charge is 0.381 e. The van der Waals surface area contributed by atoms with Gasteiger partial charge in [0.1, 0.15) is 6.20 Å². The zero-order valence-corrected chi connectivity index (χ0v) is 9.03. The summed E-state index contributed by atoms with van der Waals surface area (Å²) >= 11 is 0. The summed E-state index contributed by atoms with van der Waals surface area (Å²) in [4.78, 5) is 24.8. The third-order valence-corrected chi connectivity index (χ3v) is 2.31. The van der Waals surface area contributed by atoms with E-state index in [-0.39, 0.29) is 11.6 Å². The predicted molar refractivity (Wildman–Crippen MR) is 60.2 cm³/mol. The van der Waals surface area contributed by atoms with Gasteiger partial charge >= 0.3 is 5.82 Å². The van der Waals surface area contributed by atoms with Gasteiger partial charge in [-0.2, -0.15) is 0 Å². The van der Waals surface area contributed by atoms with Crippen LogP contribution >= 0.6 is 0 Å². The van der Waals surface area contributed by atoms with E-state index >= 15 is 0 Å². The first kappa shape index (κ1) is 11.0. The molecule has 6 heteroatoms. The minimum atomic E-state index is -0.564. The summed E-state index contributed by atoms with van der Waals surface area (Å²) in [5.41, 5.74) is 1.22. The quantitative estimate of drug-likeness (QED) is 0.459. The minimum absolute atomic E-state index is 0.0542. The highest BCUT2D eigenvalue weighted by Crippen LogP contribution is 2.14. The van der Waals surface area contributed by atoms with Crippen molar-refractivity contribution in [3.63, 3.8) is 0 Å². The maximum absolute atomic E-state index is 11.2. The molecule has 6 nitrogen and oxygen atoms in total. The molecular formula is C11H9N3O3. The molecule has 0 amide bonds. The first-order valence-corrected chi connectivity index (χ1v) is 4.87. The van der Waals surface area contributed by atoms with Gasteiger partial charge in [-0.25, -0.2) is 0 Å². The number of carbonyl (C=O) groups is 1. The fourth-order valence-corrected chi connectivity index (χ4v) is 1.43. The average molecular weight is 231 g/mol. The van der Waals surface area contributed by atoms with E-state index in [0.717, 1.165) is 0 Å². The number of benzene rings is 1. The van der Waals surface area contributed by atoms with Crippen molar-refractivity contribution in [3.05, 3.63) is 52.5 Å². The van der Waals surface area contributed by atoms with Gasteiger partial charge < -0.3 is 10.1 Å². The van der Waals surface area contributed by atoms with Crippen molar-refractivity contribution in [2.45, 2.75) is 6.92 Å². The van der Waals surface area contributed by atoms with Crippen LogP contribution in [0.4, 0.5) is 5.82 Å². The molecule has 0 aliphatic heterocycles. The van der Waals surface area contributed by atoms with Crippen molar-refractivity contribution < 1.29 is 9.72 Å². The van der Waals surface area contributed by atoms with Crippen LogP contribution < -0.4 is 0 Å². The highest BCUT2D eigenvalue weighted by molar-refractivity contribution is 5.94. The number of imidazole rings is 1. The number of nitro groups is 1. The smallest absolute Gasteiger partial charge is 0.358 e. The van der Waals surface area contributed by atoms with Crippen molar-refractivity contribution >= 4 is 11.6 Å². The van der Waals surface area contributed by atoms with E-state index in [9.17, 15) is 14.9 Å². The summed E-state index contributed by atoms with van der Waals surface area (Å²) in [5, 5.41) is 10.5. The number of carbonyl (C=O) groups excluding carboxylic acids is 1. The van der Waals surface area contributed by atoms with Gasteiger partial charge in [0.25, 0.3) is 0 Å². The fourth-order valence-electron chi connectivity index (χ4n) is 1.43. The third kappa shape index (κ3) is 2.20. The van der Waals surface area contributed by atoms with E-state index in [1.807, 2.05) is 0 Å². The molecule has 0 saturated heterocycles. The molecule has 0 unspecified atom stereocenters. The first-order chi connectivity index (χ1) is 8.08. The summed E-state index contributed by atoms with van der Waals surface area (Å²) < 4.78 is 1.50. The van der Waals surface area contributed by atoms with Gasteiger partial charge in [-0.15, -0.1) is 0 Å². The number of nitrogens with zero attached hydrogens (tertiary/aromatic N) is 3. The zero-order valence-electron chi connectivity index (χ0n) is 9.03. The molecule has 0 fully saturated rings. The maximum Gasteiger partial charge on any atom is 0.381 e. The van der Waals surface area contributed by atoms with Crippen LogP contribution in [-0.2, 0) is 0 Å². The number of aromatic nitrogens is 2. The molecule has 1 heterocycles. The molecule has 0 radical (unpaired) electrons. The normalized spacial score (nSPS) is 10.2. The van der Waals surface area contributed by atoms with Crippen LogP contribution in [0.5, 0.6) is 0 Å². The Labute approximate surface area is 96.7 Å². The van der Waals surface area contributed by atoms with Crippen LogP contribution in [-0.4, -0.2) is 20.3 Å². The maximum atomic E-state index is 11.2. The Morgan fingerprint density at radius 1 is 1.47 bits per heavy atom. The van der Waals surface area contributed by atoms with Gasteiger partial charge in [-0.1, -0.05) is 12.1 Å². The lowest BCUT2D eigenvalue weighted by Crippen LogP contribution is -1.96. The van der Waals surface area contributed by atoms with Gasteiger partial charge in [0.15, 0.2) is 5.78 Å². The second-order valence-electron chi connectivity index (χ2n) is 3.50. The molecular weight excluding hydrogens is 222 g/mol. The van der Waals surface area contributed by atoms with Gasteiger partial charge in [0.2, 0.25) is 6.33 Å². The molecule has 0 bridgehead atoms. The second kappa shape index (κ2) is 4.17. The lowest BCUT2D eigenvalue weighted by Gasteiger charge is -2.01. The zero-order chi connectivity index (χ0) is 12.4. The Hall–Kier alpha value is -2.50. The molecule has 1 aromatic heterocycles. The van der Waals surface area contributed by atoms with Crippen molar-refractivity contribution in [1.29, 1.82) is 0 Å². The van der Waals surface area contributed by atoms with E-state index in [1.165, 1.54) is 24.0 Å². The third-order valence-electron chi connectivity index (χ3n) is 2.31. The molecule has 0 saturated carbocycles. The van der Waals surface area contributed by atoms with Crippen LogP contribution in [0.1, 0.15) is 17.3 Å². The lowest BCUT2D eigenvalue weighted by molar-refractivity contribution is -0.389. The van der Waals surface area contributed by atoms with Gasteiger partial charge in [0, 0.05) is 11.3 Å².